The number of nitro groups is 2. The maximum atomic E-state index is 13.7. The van der Waals surface area contributed by atoms with Gasteiger partial charge in [0.15, 0.2) is 10.3 Å². The van der Waals surface area contributed by atoms with Crippen LogP contribution in [-0.4, -0.2) is 77.2 Å². The first-order valence-electron chi connectivity index (χ1n) is 17.4. The number of nitrogens with zero attached hydrogens (tertiary/aromatic N) is 6. The number of nitrogens with one attached hydrogen (secondary N) is 2. The van der Waals surface area contributed by atoms with Gasteiger partial charge in [-0.05, 0) is 49.2 Å². The number of benzene rings is 4. The van der Waals surface area contributed by atoms with Gasteiger partial charge in [-0.2, -0.15) is 0 Å². The molecule has 2 saturated heterocycles. The minimum absolute atomic E-state index is 0.0285. The summed E-state index contributed by atoms with van der Waals surface area (Å²) in [5.41, 5.74) is 0.743. The van der Waals surface area contributed by atoms with E-state index in [2.05, 4.69) is 20.6 Å². The number of carbonyl (C=O) groups is 4. The number of para-hydroxylation sites is 6. The summed E-state index contributed by atoms with van der Waals surface area (Å²) in [4.78, 5) is 87.6. The minimum atomic E-state index is -0.828. The van der Waals surface area contributed by atoms with Crippen molar-refractivity contribution in [3.05, 3.63) is 129 Å². The van der Waals surface area contributed by atoms with Gasteiger partial charge in [0.05, 0.1) is 21.2 Å². The van der Waals surface area contributed by atoms with E-state index in [0.717, 1.165) is 23.5 Å². The minimum Gasteiger partial charge on any atom is -0.320 e. The van der Waals surface area contributed by atoms with E-state index in [-0.39, 0.29) is 60.5 Å². The Morgan fingerprint density at radius 3 is 1.32 bits per heavy atom. The van der Waals surface area contributed by atoms with Crippen molar-refractivity contribution >= 4 is 91.6 Å². The van der Waals surface area contributed by atoms with Gasteiger partial charge in [-0.25, -0.2) is 9.98 Å². The van der Waals surface area contributed by atoms with Gasteiger partial charge in [-0.15, -0.1) is 0 Å². The second-order valence-electron chi connectivity index (χ2n) is 12.4. The van der Waals surface area contributed by atoms with Gasteiger partial charge in [0.25, 0.3) is 11.4 Å². The van der Waals surface area contributed by atoms with Gasteiger partial charge in [-0.1, -0.05) is 84.2 Å². The first-order valence-corrected chi connectivity index (χ1v) is 19.1. The molecule has 0 aliphatic carbocycles. The predicted octanol–water partition coefficient (Wildman–Crippen LogP) is 6.90. The standard InChI is InChI=1S/C38H34N8O8S2/c47-33(41-27-17-7-9-19-29(27)45(51)52)23-31-35(49)43(37(55-31)39-25-13-3-1-4-14-25)21-11-12-22-44-36(50)32(56-38(44)40-26-15-5-2-6-16-26)24-34(48)42-28-18-8-10-20-30(28)46(53)54/h1-10,13-20,31-32H,11-12,21-24H2,(H,41,47)(H,42,48). The van der Waals surface area contributed by atoms with E-state index in [1.165, 1.54) is 46.2 Å². The molecule has 2 unspecified atom stereocenters. The summed E-state index contributed by atoms with van der Waals surface area (Å²) in [6.07, 6.45) is 0.382. The molecular formula is C38H34N8O8S2. The molecule has 2 aliphatic heterocycles. The van der Waals surface area contributed by atoms with E-state index in [9.17, 15) is 39.4 Å². The number of amidine groups is 2. The Hall–Kier alpha value is -6.40. The zero-order valence-corrected chi connectivity index (χ0v) is 31.2. The molecular weight excluding hydrogens is 761 g/mol. The Labute approximate surface area is 328 Å². The van der Waals surface area contributed by atoms with Crippen molar-refractivity contribution in [2.24, 2.45) is 9.98 Å². The third kappa shape index (κ3) is 9.82. The number of amides is 4. The maximum Gasteiger partial charge on any atom is 0.292 e. The van der Waals surface area contributed by atoms with Crippen molar-refractivity contribution in [2.75, 3.05) is 23.7 Å². The molecule has 0 aromatic heterocycles. The van der Waals surface area contributed by atoms with Crippen LogP contribution < -0.4 is 10.6 Å². The number of unbranched alkanes of at least 4 members (excludes halogenated alkanes) is 1. The molecule has 56 heavy (non-hydrogen) atoms. The first kappa shape index (κ1) is 39.3. The molecule has 16 nitrogen and oxygen atoms in total. The molecule has 2 aliphatic rings. The quantitative estimate of drug-likeness (QED) is 0.0722. The van der Waals surface area contributed by atoms with E-state index in [4.69, 9.17) is 0 Å². The van der Waals surface area contributed by atoms with Gasteiger partial charge in [-0.3, -0.25) is 49.2 Å². The van der Waals surface area contributed by atoms with Crippen LogP contribution in [0.1, 0.15) is 25.7 Å². The number of carbonyl (C=O) groups excluding carboxylic acids is 4. The second kappa shape index (κ2) is 18.3. The Morgan fingerprint density at radius 1 is 0.589 bits per heavy atom. The lowest BCUT2D eigenvalue weighted by Gasteiger charge is -2.19. The summed E-state index contributed by atoms with van der Waals surface area (Å²) in [5, 5.41) is 27.1. The largest absolute Gasteiger partial charge is 0.320 e. The van der Waals surface area contributed by atoms with Crippen LogP contribution in [0, 0.1) is 20.2 Å². The van der Waals surface area contributed by atoms with Crippen LogP contribution in [-0.2, 0) is 19.2 Å². The molecule has 0 spiro atoms. The van der Waals surface area contributed by atoms with Crippen LogP contribution >= 0.6 is 23.5 Å². The highest BCUT2D eigenvalue weighted by Gasteiger charge is 2.41. The molecule has 2 atom stereocenters. The van der Waals surface area contributed by atoms with E-state index in [0.29, 0.717) is 34.6 Å². The predicted molar refractivity (Wildman–Crippen MR) is 215 cm³/mol. The molecule has 2 N–H and O–H groups in total. The molecule has 0 bridgehead atoms. The Morgan fingerprint density at radius 2 is 0.946 bits per heavy atom. The van der Waals surface area contributed by atoms with Crippen LogP contribution in [0.25, 0.3) is 0 Å². The Kier molecular flexibility index (Phi) is 12.8. The lowest BCUT2D eigenvalue weighted by atomic mass is 10.2. The van der Waals surface area contributed by atoms with Crippen molar-refractivity contribution in [3.8, 4) is 0 Å². The summed E-state index contributed by atoms with van der Waals surface area (Å²) in [5.74, 6) is -1.81. The smallest absolute Gasteiger partial charge is 0.292 e. The zero-order valence-electron chi connectivity index (χ0n) is 29.6. The van der Waals surface area contributed by atoms with E-state index < -0.39 is 32.2 Å². The van der Waals surface area contributed by atoms with Crippen LogP contribution in [0.2, 0.25) is 0 Å². The van der Waals surface area contributed by atoms with Crippen molar-refractivity contribution in [1.82, 2.24) is 9.80 Å². The van der Waals surface area contributed by atoms with Gasteiger partial charge in [0.1, 0.15) is 21.9 Å². The molecule has 4 aromatic rings. The summed E-state index contributed by atoms with van der Waals surface area (Å²) < 4.78 is 0. The van der Waals surface area contributed by atoms with Gasteiger partial charge >= 0.3 is 0 Å². The SMILES string of the molecule is O=C(CC1SC(=Nc2ccccc2)N(CCCCN2C(=O)C(CC(=O)Nc3ccccc3[N+](=O)[O-])SC2=Nc2ccccc2)C1=O)Nc1ccccc1[N+](=O)[O-]. The highest BCUT2D eigenvalue weighted by atomic mass is 32.2. The van der Waals surface area contributed by atoms with Crippen molar-refractivity contribution < 1.29 is 29.0 Å². The van der Waals surface area contributed by atoms with Crippen LogP contribution in [0.5, 0.6) is 0 Å². The molecule has 18 heteroatoms. The fourth-order valence-electron chi connectivity index (χ4n) is 5.84. The highest BCUT2D eigenvalue weighted by Crippen LogP contribution is 2.35. The summed E-state index contributed by atoms with van der Waals surface area (Å²) in [6, 6.07) is 29.6. The van der Waals surface area contributed by atoms with Crippen molar-refractivity contribution in [1.29, 1.82) is 0 Å². The average Bonchev–Trinajstić information content (AvgIpc) is 3.63. The lowest BCUT2D eigenvalue weighted by Crippen LogP contribution is -2.36. The topological polar surface area (TPSA) is 210 Å². The molecule has 6 rings (SSSR count). The average molecular weight is 795 g/mol. The first-order chi connectivity index (χ1) is 27.1. The van der Waals surface area contributed by atoms with E-state index in [1.54, 1.807) is 36.4 Å². The van der Waals surface area contributed by atoms with Crippen LogP contribution in [0.4, 0.5) is 34.1 Å². The number of nitro benzene ring substituents is 2. The maximum absolute atomic E-state index is 13.7. The lowest BCUT2D eigenvalue weighted by molar-refractivity contribution is -0.384. The number of thioether (sulfide) groups is 2. The number of anilines is 2. The van der Waals surface area contributed by atoms with E-state index >= 15 is 0 Å². The molecule has 4 amide bonds. The Bertz CT molecular complexity index is 2050. The fraction of sp³-hybridized carbons (Fsp3) is 0.211. The van der Waals surface area contributed by atoms with Crippen molar-refractivity contribution in [3.63, 3.8) is 0 Å². The summed E-state index contributed by atoms with van der Waals surface area (Å²) in [6.45, 7) is 0.448. The third-order valence-electron chi connectivity index (χ3n) is 8.51. The number of hydrogen-bond acceptors (Lipinski definition) is 12. The van der Waals surface area contributed by atoms with Gasteiger partial charge in [0, 0.05) is 38.1 Å². The van der Waals surface area contributed by atoms with Gasteiger partial charge in [0.2, 0.25) is 23.6 Å². The molecule has 2 fully saturated rings. The Balaban J connectivity index is 1.12. The number of hydrogen-bond donors (Lipinski definition) is 2. The molecule has 4 aromatic carbocycles. The zero-order chi connectivity index (χ0) is 39.6. The molecule has 0 saturated carbocycles. The normalized spacial score (nSPS) is 18.1. The second-order valence-corrected chi connectivity index (χ2v) is 14.8. The van der Waals surface area contributed by atoms with Gasteiger partial charge < -0.3 is 10.6 Å². The third-order valence-corrected chi connectivity index (χ3v) is 10.9. The number of aliphatic imine (C=N–C) groups is 2. The molecule has 2 heterocycles. The summed E-state index contributed by atoms with van der Waals surface area (Å²) in [7, 11) is 0. The summed E-state index contributed by atoms with van der Waals surface area (Å²) >= 11 is 2.27. The highest BCUT2D eigenvalue weighted by molar-refractivity contribution is 8.15. The van der Waals surface area contributed by atoms with Crippen LogP contribution in [0.3, 0.4) is 0 Å². The number of rotatable bonds is 15. The van der Waals surface area contributed by atoms with E-state index in [1.807, 2.05) is 36.4 Å². The van der Waals surface area contributed by atoms with Crippen LogP contribution in [0.15, 0.2) is 119 Å². The van der Waals surface area contributed by atoms with Crippen molar-refractivity contribution in [2.45, 2.75) is 36.2 Å². The molecule has 286 valence electrons. The molecule has 0 radical (unpaired) electrons. The fourth-order valence-corrected chi connectivity index (χ4v) is 8.21. The monoisotopic (exact) mass is 794 g/mol.